The molecule has 0 bridgehead atoms. The van der Waals surface area contributed by atoms with Gasteiger partial charge in [-0.15, -0.1) is 0 Å². The van der Waals surface area contributed by atoms with Gasteiger partial charge in [-0.3, -0.25) is 14.6 Å². The van der Waals surface area contributed by atoms with E-state index in [2.05, 4.69) is 10.3 Å². The van der Waals surface area contributed by atoms with Gasteiger partial charge in [-0.1, -0.05) is 36.4 Å². The van der Waals surface area contributed by atoms with Crippen molar-refractivity contribution in [2.45, 2.75) is 13.3 Å². The standard InChI is InChI=1S/C22H19N3O2/c1-15-6-2-4-8-19(15)24-21(26)17-12-18(14-23-13-17)22(27)25-11-10-16-7-3-5-9-20(16)25/h2-9,12-14H,10-11H2,1H3,(H,24,26). The Balaban J connectivity index is 1.57. The van der Waals surface area contributed by atoms with E-state index in [0.717, 1.165) is 28.9 Å². The maximum Gasteiger partial charge on any atom is 0.259 e. The number of pyridine rings is 1. The van der Waals surface area contributed by atoms with Gasteiger partial charge < -0.3 is 10.2 Å². The first-order chi connectivity index (χ1) is 13.1. The van der Waals surface area contributed by atoms with E-state index in [1.807, 2.05) is 55.5 Å². The molecular weight excluding hydrogens is 338 g/mol. The summed E-state index contributed by atoms with van der Waals surface area (Å²) in [4.78, 5) is 31.4. The van der Waals surface area contributed by atoms with Gasteiger partial charge in [0.15, 0.2) is 0 Å². The molecule has 1 aromatic heterocycles. The van der Waals surface area contributed by atoms with E-state index in [1.165, 1.54) is 12.4 Å². The molecular formula is C22H19N3O2. The number of benzene rings is 2. The summed E-state index contributed by atoms with van der Waals surface area (Å²) < 4.78 is 0. The van der Waals surface area contributed by atoms with Crippen LogP contribution in [0.15, 0.2) is 67.0 Å². The molecule has 0 fully saturated rings. The van der Waals surface area contributed by atoms with Crippen LogP contribution in [0.25, 0.3) is 0 Å². The van der Waals surface area contributed by atoms with Crippen molar-refractivity contribution in [3.05, 3.63) is 89.2 Å². The highest BCUT2D eigenvalue weighted by Crippen LogP contribution is 2.28. The van der Waals surface area contributed by atoms with Gasteiger partial charge in [0.25, 0.3) is 11.8 Å². The monoisotopic (exact) mass is 357 g/mol. The van der Waals surface area contributed by atoms with E-state index >= 15 is 0 Å². The van der Waals surface area contributed by atoms with E-state index in [0.29, 0.717) is 17.7 Å². The summed E-state index contributed by atoms with van der Waals surface area (Å²) in [6.07, 6.45) is 3.82. The number of rotatable bonds is 3. The Morgan fingerprint density at radius 3 is 2.59 bits per heavy atom. The Kier molecular flexibility index (Phi) is 4.42. The summed E-state index contributed by atoms with van der Waals surface area (Å²) in [6, 6.07) is 17.0. The lowest BCUT2D eigenvalue weighted by molar-refractivity contribution is 0.0989. The molecule has 2 heterocycles. The number of carbonyl (C=O) groups excluding carboxylic acids is 2. The van der Waals surface area contributed by atoms with Gasteiger partial charge in [-0.2, -0.15) is 0 Å². The molecule has 27 heavy (non-hydrogen) atoms. The molecule has 0 atom stereocenters. The van der Waals surface area contributed by atoms with Gasteiger partial charge in [0.05, 0.1) is 11.1 Å². The normalized spacial score (nSPS) is 12.6. The maximum atomic E-state index is 13.0. The molecule has 1 N–H and O–H groups in total. The highest BCUT2D eigenvalue weighted by atomic mass is 16.2. The van der Waals surface area contributed by atoms with Gasteiger partial charge in [-0.05, 0) is 42.7 Å². The molecule has 0 spiro atoms. The van der Waals surface area contributed by atoms with Gasteiger partial charge in [0, 0.05) is 30.3 Å². The zero-order valence-corrected chi connectivity index (χ0v) is 15.0. The number of hydrogen-bond acceptors (Lipinski definition) is 3. The number of carbonyl (C=O) groups is 2. The summed E-state index contributed by atoms with van der Waals surface area (Å²) in [5.41, 5.74) is 4.57. The van der Waals surface area contributed by atoms with Gasteiger partial charge >= 0.3 is 0 Å². The SMILES string of the molecule is Cc1ccccc1NC(=O)c1cncc(C(=O)N2CCc3ccccc32)c1. The second-order valence-corrected chi connectivity index (χ2v) is 6.57. The van der Waals surface area contributed by atoms with Crippen LogP contribution < -0.4 is 10.2 Å². The molecule has 0 saturated heterocycles. The fourth-order valence-electron chi connectivity index (χ4n) is 3.29. The minimum Gasteiger partial charge on any atom is -0.322 e. The van der Waals surface area contributed by atoms with Crippen LogP contribution in [0.2, 0.25) is 0 Å². The van der Waals surface area contributed by atoms with Gasteiger partial charge in [0.2, 0.25) is 0 Å². The zero-order valence-electron chi connectivity index (χ0n) is 15.0. The number of hydrogen-bond donors (Lipinski definition) is 1. The lowest BCUT2D eigenvalue weighted by Gasteiger charge is -2.17. The average molecular weight is 357 g/mol. The minimum absolute atomic E-state index is 0.141. The number of nitrogens with zero attached hydrogens (tertiary/aromatic N) is 2. The first kappa shape index (κ1) is 17.0. The fraction of sp³-hybridized carbons (Fsp3) is 0.136. The van der Waals surface area contributed by atoms with Crippen molar-refractivity contribution in [2.24, 2.45) is 0 Å². The van der Waals surface area contributed by atoms with E-state index < -0.39 is 0 Å². The third kappa shape index (κ3) is 3.31. The first-order valence-electron chi connectivity index (χ1n) is 8.85. The third-order valence-electron chi connectivity index (χ3n) is 4.77. The van der Waals surface area contributed by atoms with Crippen LogP contribution in [0.3, 0.4) is 0 Å². The van der Waals surface area contributed by atoms with Crippen molar-refractivity contribution in [3.63, 3.8) is 0 Å². The Morgan fingerprint density at radius 1 is 1.00 bits per heavy atom. The molecule has 2 amide bonds. The van der Waals surface area contributed by atoms with Crippen LogP contribution >= 0.6 is 0 Å². The van der Waals surface area contributed by atoms with E-state index in [-0.39, 0.29) is 11.8 Å². The predicted molar refractivity (Wildman–Crippen MR) is 105 cm³/mol. The molecule has 2 aromatic carbocycles. The van der Waals surface area contributed by atoms with Crippen LogP contribution in [-0.4, -0.2) is 23.3 Å². The molecule has 0 unspecified atom stereocenters. The zero-order chi connectivity index (χ0) is 18.8. The Hall–Kier alpha value is -3.47. The number of fused-ring (bicyclic) bond motifs is 1. The van der Waals surface area contributed by atoms with Crippen molar-refractivity contribution >= 4 is 23.2 Å². The Bertz CT molecular complexity index is 1030. The van der Waals surface area contributed by atoms with Crippen molar-refractivity contribution in [2.75, 3.05) is 16.8 Å². The molecule has 1 aliphatic heterocycles. The Labute approximate surface area is 157 Å². The van der Waals surface area contributed by atoms with Crippen LogP contribution in [-0.2, 0) is 6.42 Å². The summed E-state index contributed by atoms with van der Waals surface area (Å²) in [7, 11) is 0. The summed E-state index contributed by atoms with van der Waals surface area (Å²) in [5, 5.41) is 2.87. The summed E-state index contributed by atoms with van der Waals surface area (Å²) in [5.74, 6) is -0.425. The van der Waals surface area contributed by atoms with Gasteiger partial charge in [0.1, 0.15) is 0 Å². The topological polar surface area (TPSA) is 62.3 Å². The second-order valence-electron chi connectivity index (χ2n) is 6.57. The highest BCUT2D eigenvalue weighted by molar-refractivity contribution is 6.10. The van der Waals surface area contributed by atoms with Crippen molar-refractivity contribution in [1.29, 1.82) is 0 Å². The highest BCUT2D eigenvalue weighted by Gasteiger charge is 2.25. The van der Waals surface area contributed by atoms with E-state index in [4.69, 9.17) is 0 Å². The lowest BCUT2D eigenvalue weighted by Crippen LogP contribution is -2.29. The van der Waals surface area contributed by atoms with E-state index in [9.17, 15) is 9.59 Å². The molecule has 5 heteroatoms. The molecule has 0 radical (unpaired) electrons. The van der Waals surface area contributed by atoms with Crippen LogP contribution in [0.4, 0.5) is 11.4 Å². The number of aryl methyl sites for hydroxylation is 1. The number of amides is 2. The number of anilines is 2. The van der Waals surface area contributed by atoms with Crippen molar-refractivity contribution in [1.82, 2.24) is 4.98 Å². The Morgan fingerprint density at radius 2 is 1.74 bits per heavy atom. The third-order valence-corrected chi connectivity index (χ3v) is 4.77. The second kappa shape index (κ2) is 7.03. The average Bonchev–Trinajstić information content (AvgIpc) is 3.13. The quantitative estimate of drug-likeness (QED) is 0.774. The largest absolute Gasteiger partial charge is 0.322 e. The van der Waals surface area contributed by atoms with Crippen LogP contribution in [0.1, 0.15) is 31.8 Å². The molecule has 5 nitrogen and oxygen atoms in total. The molecule has 3 aromatic rings. The maximum absolute atomic E-state index is 13.0. The van der Waals surface area contributed by atoms with Crippen LogP contribution in [0, 0.1) is 6.92 Å². The fourth-order valence-corrected chi connectivity index (χ4v) is 3.29. The smallest absolute Gasteiger partial charge is 0.259 e. The molecule has 0 aliphatic carbocycles. The lowest BCUT2D eigenvalue weighted by atomic mass is 10.1. The molecule has 0 saturated carbocycles. The number of nitrogens with one attached hydrogen (secondary N) is 1. The van der Waals surface area contributed by atoms with Crippen LogP contribution in [0.5, 0.6) is 0 Å². The van der Waals surface area contributed by atoms with E-state index in [1.54, 1.807) is 11.0 Å². The van der Waals surface area contributed by atoms with Gasteiger partial charge in [-0.25, -0.2) is 0 Å². The number of para-hydroxylation sites is 2. The molecule has 1 aliphatic rings. The minimum atomic E-state index is -0.284. The predicted octanol–water partition coefficient (Wildman–Crippen LogP) is 3.85. The molecule has 4 rings (SSSR count). The summed E-state index contributed by atoms with van der Waals surface area (Å²) >= 11 is 0. The first-order valence-corrected chi connectivity index (χ1v) is 8.85. The van der Waals surface area contributed by atoms with Crippen molar-refractivity contribution in [3.8, 4) is 0 Å². The summed E-state index contributed by atoms with van der Waals surface area (Å²) in [6.45, 7) is 2.57. The molecule has 134 valence electrons. The number of aromatic nitrogens is 1. The van der Waals surface area contributed by atoms with Crippen molar-refractivity contribution < 1.29 is 9.59 Å².